The molecule has 0 spiro atoms. The number of hydrogen-bond donors (Lipinski definition) is 2. The smallest absolute Gasteiger partial charge is 0.276 e. The number of piperidine rings is 1. The summed E-state index contributed by atoms with van der Waals surface area (Å²) < 4.78 is 0. The molecule has 7 nitrogen and oxygen atoms in total. The van der Waals surface area contributed by atoms with Gasteiger partial charge < -0.3 is 15.3 Å². The van der Waals surface area contributed by atoms with Crippen molar-refractivity contribution in [3.63, 3.8) is 0 Å². The van der Waals surface area contributed by atoms with Gasteiger partial charge >= 0.3 is 0 Å². The van der Waals surface area contributed by atoms with Gasteiger partial charge in [-0.05, 0) is 12.8 Å². The third-order valence-electron chi connectivity index (χ3n) is 2.98. The molecule has 98 valence electrons. The van der Waals surface area contributed by atoms with E-state index in [2.05, 4.69) is 10.3 Å². The molecule has 7 heteroatoms. The van der Waals surface area contributed by atoms with Crippen molar-refractivity contribution in [3.05, 3.63) is 22.2 Å². The van der Waals surface area contributed by atoms with Crippen LogP contribution in [-0.4, -0.2) is 41.3 Å². The number of β-amino-alcohol motifs (C(OH)–C–C–N with tert-alkyl or cyclic N) is 1. The fourth-order valence-corrected chi connectivity index (χ4v) is 2.06. The van der Waals surface area contributed by atoms with Crippen LogP contribution >= 0.6 is 0 Å². The van der Waals surface area contributed by atoms with Gasteiger partial charge in [-0.3, -0.25) is 10.1 Å². The van der Waals surface area contributed by atoms with Gasteiger partial charge in [0.25, 0.3) is 5.69 Å². The molecular formula is C11H16N4O3. The van der Waals surface area contributed by atoms with Crippen molar-refractivity contribution < 1.29 is 10.0 Å². The Morgan fingerprint density at radius 1 is 1.61 bits per heavy atom. The van der Waals surface area contributed by atoms with Gasteiger partial charge in [0.15, 0.2) is 0 Å². The summed E-state index contributed by atoms with van der Waals surface area (Å²) in [4.78, 5) is 16.6. The molecule has 1 aliphatic heterocycles. The van der Waals surface area contributed by atoms with E-state index in [4.69, 9.17) is 0 Å². The van der Waals surface area contributed by atoms with Gasteiger partial charge in [0.1, 0.15) is 11.6 Å². The number of anilines is 2. The topological polar surface area (TPSA) is 91.5 Å². The maximum atomic E-state index is 10.9. The average Bonchev–Trinajstić information content (AvgIpc) is 2.38. The van der Waals surface area contributed by atoms with E-state index in [1.807, 2.05) is 4.90 Å². The standard InChI is InChI=1S/C11H16N4O3/c1-12-10-5-8(15(17)18)6-11(13-10)14-4-2-3-9(16)7-14/h5-6,9,16H,2-4,7H2,1H3,(H,12,13). The van der Waals surface area contributed by atoms with Gasteiger partial charge in [-0.1, -0.05) is 0 Å². The van der Waals surface area contributed by atoms with Crippen LogP contribution in [0.3, 0.4) is 0 Å². The monoisotopic (exact) mass is 252 g/mol. The molecule has 0 aliphatic carbocycles. The molecule has 1 aromatic heterocycles. The Hall–Kier alpha value is -1.89. The van der Waals surface area contributed by atoms with Gasteiger partial charge in [-0.25, -0.2) is 4.98 Å². The number of rotatable bonds is 3. The van der Waals surface area contributed by atoms with Crippen LogP contribution in [-0.2, 0) is 0 Å². The number of nitro groups is 1. The summed E-state index contributed by atoms with van der Waals surface area (Å²) in [6.07, 6.45) is 1.24. The summed E-state index contributed by atoms with van der Waals surface area (Å²) in [6, 6.07) is 2.84. The quantitative estimate of drug-likeness (QED) is 0.615. The third kappa shape index (κ3) is 2.67. The van der Waals surface area contributed by atoms with Crippen molar-refractivity contribution in [2.45, 2.75) is 18.9 Å². The van der Waals surface area contributed by atoms with E-state index in [0.717, 1.165) is 19.4 Å². The lowest BCUT2D eigenvalue weighted by atomic mass is 10.1. The molecular weight excluding hydrogens is 236 g/mol. The van der Waals surface area contributed by atoms with Crippen LogP contribution in [0.15, 0.2) is 12.1 Å². The molecule has 0 bridgehead atoms. The minimum absolute atomic E-state index is 0.00409. The fraction of sp³-hybridized carbons (Fsp3) is 0.545. The van der Waals surface area contributed by atoms with E-state index in [1.165, 1.54) is 12.1 Å². The first-order valence-electron chi connectivity index (χ1n) is 5.87. The number of aliphatic hydroxyl groups is 1. The van der Waals surface area contributed by atoms with Gasteiger partial charge in [0.05, 0.1) is 23.2 Å². The highest BCUT2D eigenvalue weighted by Gasteiger charge is 2.21. The summed E-state index contributed by atoms with van der Waals surface area (Å²) in [5.41, 5.74) is 0.00409. The second-order valence-electron chi connectivity index (χ2n) is 4.32. The van der Waals surface area contributed by atoms with E-state index in [0.29, 0.717) is 18.2 Å². The van der Waals surface area contributed by atoms with E-state index in [-0.39, 0.29) is 5.69 Å². The Morgan fingerprint density at radius 3 is 3.00 bits per heavy atom. The summed E-state index contributed by atoms with van der Waals surface area (Å²) in [6.45, 7) is 1.23. The van der Waals surface area contributed by atoms with Crippen molar-refractivity contribution in [1.82, 2.24) is 4.98 Å². The molecule has 0 saturated carbocycles. The highest BCUT2D eigenvalue weighted by atomic mass is 16.6. The van der Waals surface area contributed by atoms with Crippen molar-refractivity contribution in [3.8, 4) is 0 Å². The molecule has 1 aromatic rings. The zero-order valence-electron chi connectivity index (χ0n) is 10.2. The summed E-state index contributed by atoms with van der Waals surface area (Å²) in [5, 5.41) is 23.3. The first kappa shape index (κ1) is 12.6. The Bertz CT molecular complexity index is 452. The zero-order chi connectivity index (χ0) is 13.1. The first-order chi connectivity index (χ1) is 8.60. The van der Waals surface area contributed by atoms with Crippen molar-refractivity contribution in [1.29, 1.82) is 0 Å². The van der Waals surface area contributed by atoms with Crippen molar-refractivity contribution in [2.24, 2.45) is 0 Å². The molecule has 2 rings (SSSR count). The molecule has 2 N–H and O–H groups in total. The molecule has 2 heterocycles. The van der Waals surface area contributed by atoms with Gasteiger partial charge in [0, 0.05) is 20.1 Å². The third-order valence-corrected chi connectivity index (χ3v) is 2.98. The van der Waals surface area contributed by atoms with Crippen LogP contribution in [0, 0.1) is 10.1 Å². The van der Waals surface area contributed by atoms with Gasteiger partial charge in [-0.15, -0.1) is 0 Å². The fourth-order valence-electron chi connectivity index (χ4n) is 2.06. The van der Waals surface area contributed by atoms with E-state index >= 15 is 0 Å². The van der Waals surface area contributed by atoms with Crippen LogP contribution in [0.5, 0.6) is 0 Å². The van der Waals surface area contributed by atoms with Crippen LogP contribution < -0.4 is 10.2 Å². The largest absolute Gasteiger partial charge is 0.391 e. The lowest BCUT2D eigenvalue weighted by Crippen LogP contribution is -2.38. The SMILES string of the molecule is CNc1cc([N+](=O)[O-])cc(N2CCCC(O)C2)n1. The summed E-state index contributed by atoms with van der Waals surface area (Å²) >= 11 is 0. The summed E-state index contributed by atoms with van der Waals surface area (Å²) in [5.74, 6) is 0.992. The number of nitrogens with zero attached hydrogens (tertiary/aromatic N) is 3. The Kier molecular flexibility index (Phi) is 3.61. The normalized spacial score (nSPS) is 19.7. The van der Waals surface area contributed by atoms with E-state index < -0.39 is 11.0 Å². The van der Waals surface area contributed by atoms with E-state index in [9.17, 15) is 15.2 Å². The second kappa shape index (κ2) is 5.18. The van der Waals surface area contributed by atoms with Gasteiger partial charge in [0.2, 0.25) is 0 Å². The maximum Gasteiger partial charge on any atom is 0.276 e. The van der Waals surface area contributed by atoms with Crippen LogP contribution in [0.1, 0.15) is 12.8 Å². The molecule has 0 amide bonds. The molecule has 18 heavy (non-hydrogen) atoms. The average molecular weight is 252 g/mol. The minimum atomic E-state index is -0.438. The molecule has 1 unspecified atom stereocenters. The highest BCUT2D eigenvalue weighted by Crippen LogP contribution is 2.25. The number of pyridine rings is 1. The Morgan fingerprint density at radius 2 is 2.39 bits per heavy atom. The number of aliphatic hydroxyl groups excluding tert-OH is 1. The zero-order valence-corrected chi connectivity index (χ0v) is 10.2. The molecule has 0 radical (unpaired) electrons. The van der Waals surface area contributed by atoms with Crippen molar-refractivity contribution >= 4 is 17.3 Å². The lowest BCUT2D eigenvalue weighted by molar-refractivity contribution is -0.384. The molecule has 1 atom stereocenters. The number of hydrogen-bond acceptors (Lipinski definition) is 6. The molecule has 1 aliphatic rings. The number of nitrogens with one attached hydrogen (secondary N) is 1. The van der Waals surface area contributed by atoms with Crippen LogP contribution in [0.2, 0.25) is 0 Å². The first-order valence-corrected chi connectivity index (χ1v) is 5.87. The molecule has 0 aromatic carbocycles. The number of aromatic nitrogens is 1. The van der Waals surface area contributed by atoms with Crippen LogP contribution in [0.4, 0.5) is 17.3 Å². The van der Waals surface area contributed by atoms with E-state index in [1.54, 1.807) is 7.05 Å². The van der Waals surface area contributed by atoms with Gasteiger partial charge in [-0.2, -0.15) is 0 Å². The Labute approximate surface area is 105 Å². The lowest BCUT2D eigenvalue weighted by Gasteiger charge is -2.31. The summed E-state index contributed by atoms with van der Waals surface area (Å²) in [7, 11) is 1.67. The van der Waals surface area contributed by atoms with Crippen LogP contribution in [0.25, 0.3) is 0 Å². The predicted molar refractivity (Wildman–Crippen MR) is 67.9 cm³/mol. The predicted octanol–water partition coefficient (Wildman–Crippen LogP) is 0.993. The second-order valence-corrected chi connectivity index (χ2v) is 4.32. The Balaban J connectivity index is 2.31. The molecule has 1 fully saturated rings. The maximum absolute atomic E-state index is 10.9. The van der Waals surface area contributed by atoms with Crippen molar-refractivity contribution in [2.75, 3.05) is 30.4 Å². The minimum Gasteiger partial charge on any atom is -0.391 e. The molecule has 1 saturated heterocycles. The highest BCUT2D eigenvalue weighted by molar-refractivity contribution is 5.55.